The minimum atomic E-state index is -0.991. The number of carboxylic acid groups (broad SMARTS) is 1. The summed E-state index contributed by atoms with van der Waals surface area (Å²) in [6.07, 6.45) is 7.20. The Bertz CT molecular complexity index is 460. The molecule has 0 bridgehead atoms. The molecule has 3 N–H and O–H groups in total. The zero-order valence-electron chi connectivity index (χ0n) is 11.3. The van der Waals surface area contributed by atoms with E-state index in [2.05, 4.69) is 16.8 Å². The standard InChI is InChI=1S/C14H21N3O2/c1-2-5-11-6-3-4-7-17(11)13-12(15)8-10(9-16-13)14(18)19/h8-9,11H,2-7,15H2,1H3,(H,18,19). The number of hydrogen-bond donors (Lipinski definition) is 2. The lowest BCUT2D eigenvalue weighted by atomic mass is 9.98. The van der Waals surface area contributed by atoms with E-state index in [4.69, 9.17) is 10.8 Å². The Kier molecular flexibility index (Phi) is 4.24. The fourth-order valence-corrected chi connectivity index (χ4v) is 2.74. The minimum absolute atomic E-state index is 0.144. The number of carbonyl (C=O) groups is 1. The van der Waals surface area contributed by atoms with Crippen molar-refractivity contribution in [1.29, 1.82) is 0 Å². The molecule has 1 saturated heterocycles. The van der Waals surface area contributed by atoms with E-state index in [1.54, 1.807) is 0 Å². The Hall–Kier alpha value is -1.78. The number of carboxylic acids is 1. The van der Waals surface area contributed by atoms with Gasteiger partial charge in [-0.15, -0.1) is 0 Å². The summed E-state index contributed by atoms with van der Waals surface area (Å²) in [5, 5.41) is 8.94. The molecule has 0 aromatic carbocycles. The van der Waals surface area contributed by atoms with Crippen LogP contribution in [0.3, 0.4) is 0 Å². The van der Waals surface area contributed by atoms with Gasteiger partial charge in [-0.1, -0.05) is 13.3 Å². The number of hydrogen-bond acceptors (Lipinski definition) is 4. The predicted molar refractivity (Wildman–Crippen MR) is 75.5 cm³/mol. The molecule has 1 aliphatic rings. The quantitative estimate of drug-likeness (QED) is 0.872. The molecule has 0 spiro atoms. The summed E-state index contributed by atoms with van der Waals surface area (Å²) in [6, 6.07) is 1.98. The van der Waals surface area contributed by atoms with Gasteiger partial charge in [0.05, 0.1) is 11.3 Å². The van der Waals surface area contributed by atoms with Crippen molar-refractivity contribution < 1.29 is 9.90 Å². The smallest absolute Gasteiger partial charge is 0.337 e. The zero-order chi connectivity index (χ0) is 13.8. The Morgan fingerprint density at radius 1 is 1.58 bits per heavy atom. The molecule has 2 rings (SSSR count). The second-order valence-corrected chi connectivity index (χ2v) is 5.07. The average molecular weight is 263 g/mol. The van der Waals surface area contributed by atoms with Crippen LogP contribution < -0.4 is 10.6 Å². The number of aromatic nitrogens is 1. The van der Waals surface area contributed by atoms with Gasteiger partial charge in [0.25, 0.3) is 0 Å². The van der Waals surface area contributed by atoms with Crippen LogP contribution in [0, 0.1) is 0 Å². The monoisotopic (exact) mass is 263 g/mol. The van der Waals surface area contributed by atoms with E-state index in [0.29, 0.717) is 11.7 Å². The van der Waals surface area contributed by atoms with Crippen molar-refractivity contribution in [1.82, 2.24) is 4.98 Å². The minimum Gasteiger partial charge on any atom is -0.478 e. The Balaban J connectivity index is 2.26. The van der Waals surface area contributed by atoms with Crippen LogP contribution in [0.15, 0.2) is 12.3 Å². The summed E-state index contributed by atoms with van der Waals surface area (Å²) in [7, 11) is 0. The molecular weight excluding hydrogens is 242 g/mol. The second-order valence-electron chi connectivity index (χ2n) is 5.07. The molecule has 1 aromatic rings. The zero-order valence-corrected chi connectivity index (χ0v) is 11.3. The van der Waals surface area contributed by atoms with E-state index in [0.717, 1.165) is 38.0 Å². The summed E-state index contributed by atoms with van der Waals surface area (Å²) < 4.78 is 0. The van der Waals surface area contributed by atoms with E-state index in [-0.39, 0.29) is 5.56 Å². The number of nitrogens with two attached hydrogens (primary N) is 1. The Labute approximate surface area is 113 Å². The highest BCUT2D eigenvalue weighted by atomic mass is 16.4. The molecule has 104 valence electrons. The van der Waals surface area contributed by atoms with E-state index >= 15 is 0 Å². The van der Waals surface area contributed by atoms with Gasteiger partial charge in [-0.05, 0) is 31.7 Å². The van der Waals surface area contributed by atoms with Crippen molar-refractivity contribution >= 4 is 17.5 Å². The highest BCUT2D eigenvalue weighted by molar-refractivity contribution is 5.89. The van der Waals surface area contributed by atoms with Crippen molar-refractivity contribution in [2.75, 3.05) is 17.2 Å². The van der Waals surface area contributed by atoms with Crippen LogP contribution in [0.4, 0.5) is 11.5 Å². The van der Waals surface area contributed by atoms with Crippen LogP contribution in [0.5, 0.6) is 0 Å². The number of nitrogens with zero attached hydrogens (tertiary/aromatic N) is 2. The predicted octanol–water partition coefficient (Wildman–Crippen LogP) is 2.52. The van der Waals surface area contributed by atoms with Gasteiger partial charge in [0.1, 0.15) is 0 Å². The molecule has 0 aliphatic carbocycles. The highest BCUT2D eigenvalue weighted by Gasteiger charge is 2.24. The molecule has 1 atom stereocenters. The van der Waals surface area contributed by atoms with Crippen LogP contribution >= 0.6 is 0 Å². The number of anilines is 2. The summed E-state index contributed by atoms with van der Waals surface area (Å²) in [5.41, 5.74) is 6.59. The van der Waals surface area contributed by atoms with Crippen LogP contribution in [0.2, 0.25) is 0 Å². The first-order valence-electron chi connectivity index (χ1n) is 6.89. The Morgan fingerprint density at radius 3 is 3.00 bits per heavy atom. The summed E-state index contributed by atoms with van der Waals surface area (Å²) in [5.74, 6) is -0.252. The van der Waals surface area contributed by atoms with Crippen molar-refractivity contribution in [3.63, 3.8) is 0 Å². The van der Waals surface area contributed by atoms with E-state index < -0.39 is 5.97 Å². The molecule has 2 heterocycles. The number of piperidine rings is 1. The van der Waals surface area contributed by atoms with Gasteiger partial charge in [0.15, 0.2) is 5.82 Å². The SMILES string of the molecule is CCCC1CCCCN1c1ncc(C(=O)O)cc1N. The van der Waals surface area contributed by atoms with Crippen molar-refractivity contribution in [2.45, 2.75) is 45.1 Å². The van der Waals surface area contributed by atoms with Crippen LogP contribution in [-0.4, -0.2) is 28.6 Å². The highest BCUT2D eigenvalue weighted by Crippen LogP contribution is 2.30. The number of pyridine rings is 1. The normalized spacial score (nSPS) is 19.4. The van der Waals surface area contributed by atoms with E-state index in [1.807, 2.05) is 0 Å². The molecular formula is C14H21N3O2. The Morgan fingerprint density at radius 2 is 2.37 bits per heavy atom. The van der Waals surface area contributed by atoms with Crippen LogP contribution in [0.1, 0.15) is 49.4 Å². The summed E-state index contributed by atoms with van der Waals surface area (Å²) in [4.78, 5) is 17.4. The maximum atomic E-state index is 10.9. The third-order valence-electron chi connectivity index (χ3n) is 3.66. The van der Waals surface area contributed by atoms with E-state index in [9.17, 15) is 4.79 Å². The van der Waals surface area contributed by atoms with Crippen LogP contribution in [-0.2, 0) is 0 Å². The lowest BCUT2D eigenvalue weighted by molar-refractivity contribution is 0.0696. The fourth-order valence-electron chi connectivity index (χ4n) is 2.74. The molecule has 5 nitrogen and oxygen atoms in total. The van der Waals surface area contributed by atoms with Gasteiger partial charge in [0.2, 0.25) is 0 Å². The molecule has 1 aliphatic heterocycles. The molecule has 1 aromatic heterocycles. The molecule has 1 fully saturated rings. The topological polar surface area (TPSA) is 79.5 Å². The van der Waals surface area contributed by atoms with Gasteiger partial charge in [-0.25, -0.2) is 9.78 Å². The molecule has 19 heavy (non-hydrogen) atoms. The number of nitrogen functional groups attached to an aromatic ring is 1. The third-order valence-corrected chi connectivity index (χ3v) is 3.66. The van der Waals surface area contributed by atoms with Gasteiger partial charge < -0.3 is 15.7 Å². The molecule has 0 saturated carbocycles. The van der Waals surface area contributed by atoms with Crippen molar-refractivity contribution in [2.24, 2.45) is 0 Å². The maximum Gasteiger partial charge on any atom is 0.337 e. The van der Waals surface area contributed by atoms with Gasteiger partial charge in [-0.2, -0.15) is 0 Å². The molecule has 0 radical (unpaired) electrons. The lowest BCUT2D eigenvalue weighted by Gasteiger charge is -2.37. The molecule has 0 amide bonds. The molecule has 5 heteroatoms. The average Bonchev–Trinajstić information content (AvgIpc) is 2.40. The first-order valence-corrected chi connectivity index (χ1v) is 6.89. The largest absolute Gasteiger partial charge is 0.478 e. The second kappa shape index (κ2) is 5.91. The maximum absolute atomic E-state index is 10.9. The first kappa shape index (κ1) is 13.6. The summed E-state index contributed by atoms with van der Waals surface area (Å²) in [6.45, 7) is 3.13. The summed E-state index contributed by atoms with van der Waals surface area (Å²) >= 11 is 0. The third kappa shape index (κ3) is 2.97. The van der Waals surface area contributed by atoms with Crippen molar-refractivity contribution in [3.05, 3.63) is 17.8 Å². The van der Waals surface area contributed by atoms with Gasteiger partial charge in [0, 0.05) is 18.8 Å². The van der Waals surface area contributed by atoms with Crippen molar-refractivity contribution in [3.8, 4) is 0 Å². The first-order chi connectivity index (χ1) is 9.13. The number of aromatic carboxylic acids is 1. The molecule has 1 unspecified atom stereocenters. The van der Waals surface area contributed by atoms with E-state index in [1.165, 1.54) is 18.7 Å². The lowest BCUT2D eigenvalue weighted by Crippen LogP contribution is -2.40. The number of rotatable bonds is 4. The van der Waals surface area contributed by atoms with Gasteiger partial charge in [-0.3, -0.25) is 0 Å². The van der Waals surface area contributed by atoms with Crippen LogP contribution in [0.25, 0.3) is 0 Å². The van der Waals surface area contributed by atoms with Gasteiger partial charge >= 0.3 is 5.97 Å². The fraction of sp³-hybridized carbons (Fsp3) is 0.571.